The summed E-state index contributed by atoms with van der Waals surface area (Å²) in [6.45, 7) is 2.47. The summed E-state index contributed by atoms with van der Waals surface area (Å²) in [4.78, 5) is 11.9. The smallest absolute Gasteiger partial charge is 0.264 e. The molecule has 1 aromatic heterocycles. The second-order valence-corrected chi connectivity index (χ2v) is 6.44. The van der Waals surface area contributed by atoms with Crippen molar-refractivity contribution < 1.29 is 4.92 Å². The quantitative estimate of drug-likeness (QED) is 0.529. The first kappa shape index (κ1) is 14.0. The monoisotopic (exact) mass is 306 g/mol. The van der Waals surface area contributed by atoms with E-state index in [0.29, 0.717) is 13.0 Å². The van der Waals surface area contributed by atoms with Crippen LogP contribution < -0.4 is 0 Å². The van der Waals surface area contributed by atoms with Crippen molar-refractivity contribution in [1.82, 2.24) is 4.57 Å². The lowest BCUT2D eigenvalue weighted by Crippen LogP contribution is -2.43. The predicted molar refractivity (Wildman–Crippen MR) is 90.1 cm³/mol. The van der Waals surface area contributed by atoms with E-state index in [4.69, 9.17) is 0 Å². The lowest BCUT2D eigenvalue weighted by atomic mass is 9.83. The number of nitro groups is 1. The normalized spacial score (nSPS) is 20.4. The summed E-state index contributed by atoms with van der Waals surface area (Å²) >= 11 is 0. The van der Waals surface area contributed by atoms with Crippen molar-refractivity contribution in [3.8, 4) is 0 Å². The molecule has 1 atom stereocenters. The molecule has 4 rings (SSSR count). The van der Waals surface area contributed by atoms with Crippen LogP contribution in [0.15, 0.2) is 54.6 Å². The minimum Gasteiger partial charge on any atom is -0.337 e. The van der Waals surface area contributed by atoms with Crippen LogP contribution in [-0.2, 0) is 18.5 Å². The van der Waals surface area contributed by atoms with Crippen molar-refractivity contribution in [3.63, 3.8) is 0 Å². The second kappa shape index (κ2) is 4.95. The summed E-state index contributed by atoms with van der Waals surface area (Å²) in [5.41, 5.74) is 3.26. The van der Waals surface area contributed by atoms with Crippen molar-refractivity contribution in [2.75, 3.05) is 0 Å². The van der Waals surface area contributed by atoms with Crippen LogP contribution in [0.1, 0.15) is 23.2 Å². The predicted octanol–water partition coefficient (Wildman–Crippen LogP) is 4.07. The topological polar surface area (TPSA) is 48.1 Å². The number of benzene rings is 2. The number of fused-ring (bicyclic) bond motifs is 3. The van der Waals surface area contributed by atoms with Gasteiger partial charge < -0.3 is 4.57 Å². The van der Waals surface area contributed by atoms with Crippen molar-refractivity contribution in [3.05, 3.63) is 81.5 Å². The third-order valence-corrected chi connectivity index (χ3v) is 5.02. The van der Waals surface area contributed by atoms with Crippen LogP contribution in [0, 0.1) is 17.0 Å². The Morgan fingerprint density at radius 2 is 1.91 bits per heavy atom. The molecule has 0 fully saturated rings. The van der Waals surface area contributed by atoms with Gasteiger partial charge in [-0.1, -0.05) is 42.0 Å². The number of hydrogen-bond donors (Lipinski definition) is 0. The second-order valence-electron chi connectivity index (χ2n) is 6.44. The average Bonchev–Trinajstić information content (AvgIpc) is 2.91. The summed E-state index contributed by atoms with van der Waals surface area (Å²) in [5.74, 6) is 0. The Labute approximate surface area is 134 Å². The van der Waals surface area contributed by atoms with Crippen LogP contribution in [0.3, 0.4) is 0 Å². The highest BCUT2D eigenvalue weighted by molar-refractivity contribution is 5.82. The molecule has 0 aliphatic carbocycles. The van der Waals surface area contributed by atoms with E-state index in [-0.39, 0.29) is 4.92 Å². The van der Waals surface area contributed by atoms with E-state index in [2.05, 4.69) is 35.8 Å². The fourth-order valence-corrected chi connectivity index (χ4v) is 3.76. The molecule has 3 aromatic rings. The molecule has 0 saturated heterocycles. The highest BCUT2D eigenvalue weighted by atomic mass is 16.6. The molecule has 4 nitrogen and oxygen atoms in total. The van der Waals surface area contributed by atoms with Gasteiger partial charge in [-0.05, 0) is 31.5 Å². The summed E-state index contributed by atoms with van der Waals surface area (Å²) in [7, 11) is 0. The van der Waals surface area contributed by atoms with Gasteiger partial charge in [0.2, 0.25) is 0 Å². The van der Waals surface area contributed by atoms with E-state index in [1.165, 1.54) is 16.6 Å². The maximum atomic E-state index is 12.0. The minimum atomic E-state index is -1.04. The van der Waals surface area contributed by atoms with E-state index in [1.807, 2.05) is 30.3 Å². The number of nitrogens with zero attached hydrogens (tertiary/aromatic N) is 2. The Bertz CT molecular complexity index is 898. The van der Waals surface area contributed by atoms with Gasteiger partial charge in [0.05, 0.1) is 6.54 Å². The van der Waals surface area contributed by atoms with E-state index in [1.54, 1.807) is 0 Å². The third kappa shape index (κ3) is 2.05. The molecule has 0 amide bonds. The first-order chi connectivity index (χ1) is 11.1. The first-order valence-electron chi connectivity index (χ1n) is 7.89. The molecule has 0 bridgehead atoms. The number of aryl methyl sites for hydroxylation is 2. The van der Waals surface area contributed by atoms with E-state index < -0.39 is 5.54 Å². The Morgan fingerprint density at radius 1 is 1.13 bits per heavy atom. The molecular formula is C19H18N2O2. The Morgan fingerprint density at radius 3 is 2.65 bits per heavy atom. The van der Waals surface area contributed by atoms with Crippen LogP contribution in [-0.4, -0.2) is 9.49 Å². The molecule has 4 heteroatoms. The third-order valence-electron chi connectivity index (χ3n) is 5.02. The molecule has 0 spiro atoms. The van der Waals surface area contributed by atoms with Crippen molar-refractivity contribution >= 4 is 10.9 Å². The van der Waals surface area contributed by atoms with Crippen LogP contribution in [0.2, 0.25) is 0 Å². The SMILES string of the molecule is Cc1ccc2c(c1)cc1n2CC(c2ccccc2)([N+](=O)[O-])CC1. The fourth-order valence-electron chi connectivity index (χ4n) is 3.76. The van der Waals surface area contributed by atoms with Gasteiger partial charge in [0.25, 0.3) is 5.54 Å². The van der Waals surface area contributed by atoms with Crippen molar-refractivity contribution in [2.24, 2.45) is 0 Å². The molecule has 0 saturated carbocycles. The fraction of sp³-hybridized carbons (Fsp3) is 0.263. The summed E-state index contributed by atoms with van der Waals surface area (Å²) in [6.07, 6.45) is 1.27. The lowest BCUT2D eigenvalue weighted by molar-refractivity contribution is -0.585. The number of aromatic nitrogens is 1. The number of hydrogen-bond acceptors (Lipinski definition) is 2. The van der Waals surface area contributed by atoms with Gasteiger partial charge >= 0.3 is 0 Å². The molecule has 2 aromatic carbocycles. The molecule has 116 valence electrons. The number of rotatable bonds is 2. The van der Waals surface area contributed by atoms with E-state index in [0.717, 1.165) is 17.5 Å². The molecule has 23 heavy (non-hydrogen) atoms. The maximum Gasteiger partial charge on any atom is 0.264 e. The Balaban J connectivity index is 1.88. The molecule has 0 radical (unpaired) electrons. The summed E-state index contributed by atoms with van der Waals surface area (Å²) < 4.78 is 2.13. The molecular weight excluding hydrogens is 288 g/mol. The van der Waals surface area contributed by atoms with Crippen LogP contribution in [0.5, 0.6) is 0 Å². The van der Waals surface area contributed by atoms with E-state index in [9.17, 15) is 10.1 Å². The summed E-state index contributed by atoms with van der Waals surface area (Å²) in [5, 5.41) is 13.2. The minimum absolute atomic E-state index is 0.0920. The first-order valence-corrected chi connectivity index (χ1v) is 7.89. The molecule has 1 aliphatic heterocycles. The van der Waals surface area contributed by atoms with Crippen LogP contribution >= 0.6 is 0 Å². The van der Waals surface area contributed by atoms with Gasteiger partial charge in [0.15, 0.2) is 0 Å². The summed E-state index contributed by atoms with van der Waals surface area (Å²) in [6, 6.07) is 17.9. The molecule has 0 N–H and O–H groups in total. The van der Waals surface area contributed by atoms with E-state index >= 15 is 0 Å². The largest absolute Gasteiger partial charge is 0.337 e. The highest BCUT2D eigenvalue weighted by Crippen LogP contribution is 2.38. The van der Waals surface area contributed by atoms with Crippen molar-refractivity contribution in [1.29, 1.82) is 0 Å². The van der Waals surface area contributed by atoms with Crippen molar-refractivity contribution in [2.45, 2.75) is 31.8 Å². The molecule has 1 unspecified atom stereocenters. The lowest BCUT2D eigenvalue weighted by Gasteiger charge is -2.31. The molecule has 2 heterocycles. The van der Waals surface area contributed by atoms with Gasteiger partial charge in [-0.25, -0.2) is 0 Å². The van der Waals surface area contributed by atoms with Gasteiger partial charge in [-0.2, -0.15) is 0 Å². The van der Waals surface area contributed by atoms with Crippen LogP contribution in [0.25, 0.3) is 10.9 Å². The standard InChI is InChI=1S/C19H18N2O2/c1-14-7-8-18-15(11-14)12-17-9-10-19(21(22)23,13-20(17)18)16-5-3-2-4-6-16/h2-8,11-12H,9-10,13H2,1H3. The zero-order chi connectivity index (χ0) is 16.0. The zero-order valence-electron chi connectivity index (χ0n) is 13.0. The highest BCUT2D eigenvalue weighted by Gasteiger charge is 2.47. The Hall–Kier alpha value is -2.62. The van der Waals surface area contributed by atoms with Gasteiger partial charge in [0, 0.05) is 33.5 Å². The zero-order valence-corrected chi connectivity index (χ0v) is 13.0. The van der Waals surface area contributed by atoms with Crippen LogP contribution in [0.4, 0.5) is 0 Å². The molecule has 1 aliphatic rings. The maximum absolute atomic E-state index is 12.0. The average molecular weight is 306 g/mol. The Kier molecular flexibility index (Phi) is 3.01. The van der Waals surface area contributed by atoms with Gasteiger partial charge in [0.1, 0.15) is 0 Å². The van der Waals surface area contributed by atoms with Gasteiger partial charge in [-0.3, -0.25) is 10.1 Å². The van der Waals surface area contributed by atoms with Gasteiger partial charge in [-0.15, -0.1) is 0 Å².